The molecule has 1 aromatic heterocycles. The molecule has 0 amide bonds. The van der Waals surface area contributed by atoms with Gasteiger partial charge in [-0.1, -0.05) is 38.1 Å². The molecule has 1 heterocycles. The van der Waals surface area contributed by atoms with E-state index in [1.54, 1.807) is 20.0 Å². The topological polar surface area (TPSA) is 46.0 Å². The molecule has 0 unspecified atom stereocenters. The van der Waals surface area contributed by atoms with E-state index in [1.807, 2.05) is 6.07 Å². The van der Waals surface area contributed by atoms with E-state index in [1.165, 1.54) is 5.56 Å². The predicted octanol–water partition coefficient (Wildman–Crippen LogP) is 3.49. The van der Waals surface area contributed by atoms with Crippen molar-refractivity contribution in [2.45, 2.75) is 39.2 Å². The lowest BCUT2D eigenvalue weighted by Crippen LogP contribution is -2.19. The van der Waals surface area contributed by atoms with Crippen molar-refractivity contribution < 1.29 is 5.11 Å². The Bertz CT molecular complexity index is 554. The van der Waals surface area contributed by atoms with Crippen LogP contribution in [-0.4, -0.2) is 15.1 Å². The Hall–Kier alpha value is -1.74. The molecule has 1 N–H and O–H groups in total. The molecule has 100 valence electrons. The van der Waals surface area contributed by atoms with E-state index >= 15 is 0 Å². The summed E-state index contributed by atoms with van der Waals surface area (Å²) in [6.45, 7) is 7.72. The maximum absolute atomic E-state index is 9.95. The van der Waals surface area contributed by atoms with Crippen molar-refractivity contribution in [2.75, 3.05) is 0 Å². The van der Waals surface area contributed by atoms with Crippen molar-refractivity contribution >= 4 is 0 Å². The van der Waals surface area contributed by atoms with Crippen LogP contribution in [0.5, 0.6) is 0 Å². The zero-order chi connectivity index (χ0) is 14.0. The molecule has 0 radical (unpaired) electrons. The highest BCUT2D eigenvalue weighted by Gasteiger charge is 2.19. The summed E-state index contributed by atoms with van der Waals surface area (Å²) in [7, 11) is 0. The van der Waals surface area contributed by atoms with Crippen LogP contribution < -0.4 is 0 Å². The van der Waals surface area contributed by atoms with E-state index in [0.29, 0.717) is 11.7 Å². The van der Waals surface area contributed by atoms with Gasteiger partial charge in [0.1, 0.15) is 5.60 Å². The summed E-state index contributed by atoms with van der Waals surface area (Å²) in [5, 5.41) is 9.95. The van der Waals surface area contributed by atoms with Gasteiger partial charge in [-0.2, -0.15) is 0 Å². The third kappa shape index (κ3) is 3.18. The number of aliphatic hydroxyl groups is 1. The van der Waals surface area contributed by atoms with Gasteiger partial charge < -0.3 is 5.11 Å². The van der Waals surface area contributed by atoms with Crippen LogP contribution in [0.2, 0.25) is 0 Å². The molecule has 19 heavy (non-hydrogen) atoms. The highest BCUT2D eigenvalue weighted by Crippen LogP contribution is 2.23. The lowest BCUT2D eigenvalue weighted by Gasteiger charge is -2.15. The van der Waals surface area contributed by atoms with Crippen LogP contribution in [0.3, 0.4) is 0 Å². The van der Waals surface area contributed by atoms with E-state index in [4.69, 9.17) is 0 Å². The molecule has 0 aliphatic rings. The van der Waals surface area contributed by atoms with Crippen LogP contribution in [0, 0.1) is 0 Å². The van der Waals surface area contributed by atoms with E-state index in [9.17, 15) is 5.11 Å². The van der Waals surface area contributed by atoms with Gasteiger partial charge in [-0.25, -0.2) is 9.97 Å². The SMILES string of the molecule is CC(C)c1ccc(-c2ccnc(C(C)(C)O)n2)cc1. The molecular formula is C16H20N2O. The monoisotopic (exact) mass is 256 g/mol. The minimum atomic E-state index is -1.02. The second-order valence-electron chi connectivity index (χ2n) is 5.60. The van der Waals surface area contributed by atoms with Gasteiger partial charge in [0.15, 0.2) is 5.82 Å². The van der Waals surface area contributed by atoms with E-state index in [0.717, 1.165) is 11.3 Å². The highest BCUT2D eigenvalue weighted by molar-refractivity contribution is 5.59. The van der Waals surface area contributed by atoms with Gasteiger partial charge in [-0.15, -0.1) is 0 Å². The van der Waals surface area contributed by atoms with Crippen LogP contribution in [-0.2, 0) is 5.60 Å². The average molecular weight is 256 g/mol. The third-order valence-corrected chi connectivity index (χ3v) is 3.08. The highest BCUT2D eigenvalue weighted by atomic mass is 16.3. The number of aromatic nitrogens is 2. The molecule has 0 aliphatic carbocycles. The minimum Gasteiger partial charge on any atom is -0.382 e. The van der Waals surface area contributed by atoms with Gasteiger partial charge in [0, 0.05) is 11.8 Å². The number of rotatable bonds is 3. The fourth-order valence-corrected chi connectivity index (χ4v) is 1.85. The standard InChI is InChI=1S/C16H20N2O/c1-11(2)12-5-7-13(8-6-12)14-9-10-17-15(18-14)16(3,4)19/h5-11,19H,1-4H3. The van der Waals surface area contributed by atoms with Gasteiger partial charge in [-0.05, 0) is 31.4 Å². The summed E-state index contributed by atoms with van der Waals surface area (Å²) in [5.41, 5.74) is 2.16. The first-order valence-corrected chi connectivity index (χ1v) is 6.54. The van der Waals surface area contributed by atoms with Crippen LogP contribution in [0.15, 0.2) is 36.5 Å². The lowest BCUT2D eigenvalue weighted by atomic mass is 10.0. The molecule has 3 nitrogen and oxygen atoms in total. The maximum Gasteiger partial charge on any atom is 0.159 e. The summed E-state index contributed by atoms with van der Waals surface area (Å²) in [5.74, 6) is 0.962. The van der Waals surface area contributed by atoms with Crippen molar-refractivity contribution in [1.29, 1.82) is 0 Å². The fourth-order valence-electron chi connectivity index (χ4n) is 1.85. The molecule has 0 atom stereocenters. The zero-order valence-corrected chi connectivity index (χ0v) is 11.9. The Kier molecular flexibility index (Phi) is 3.67. The molecular weight excluding hydrogens is 236 g/mol. The molecule has 1 aromatic carbocycles. The lowest BCUT2D eigenvalue weighted by molar-refractivity contribution is 0.0688. The first kappa shape index (κ1) is 13.7. The maximum atomic E-state index is 9.95. The molecule has 0 fully saturated rings. The van der Waals surface area contributed by atoms with Crippen LogP contribution in [0.4, 0.5) is 0 Å². The summed E-state index contributed by atoms with van der Waals surface area (Å²) in [6.07, 6.45) is 1.69. The Morgan fingerprint density at radius 1 is 1.05 bits per heavy atom. The molecule has 2 rings (SSSR count). The van der Waals surface area contributed by atoms with Gasteiger partial charge in [0.05, 0.1) is 5.69 Å². The average Bonchev–Trinajstić information content (AvgIpc) is 2.38. The normalized spacial score (nSPS) is 11.9. The molecule has 0 spiro atoms. The van der Waals surface area contributed by atoms with E-state index in [-0.39, 0.29) is 0 Å². The molecule has 2 aromatic rings. The van der Waals surface area contributed by atoms with Crippen molar-refractivity contribution in [3.05, 3.63) is 47.9 Å². The van der Waals surface area contributed by atoms with E-state index < -0.39 is 5.60 Å². The molecule has 0 saturated carbocycles. The van der Waals surface area contributed by atoms with Gasteiger partial charge >= 0.3 is 0 Å². The van der Waals surface area contributed by atoms with Crippen molar-refractivity contribution in [1.82, 2.24) is 9.97 Å². The first-order valence-electron chi connectivity index (χ1n) is 6.54. The van der Waals surface area contributed by atoms with Crippen molar-refractivity contribution in [2.24, 2.45) is 0 Å². The Morgan fingerprint density at radius 2 is 1.68 bits per heavy atom. The molecule has 0 bridgehead atoms. The second-order valence-corrected chi connectivity index (χ2v) is 5.60. The largest absolute Gasteiger partial charge is 0.382 e. The number of hydrogen-bond acceptors (Lipinski definition) is 3. The van der Waals surface area contributed by atoms with Gasteiger partial charge in [0.25, 0.3) is 0 Å². The Labute approximate surface area is 114 Å². The van der Waals surface area contributed by atoms with Crippen LogP contribution in [0.25, 0.3) is 11.3 Å². The number of hydrogen-bond donors (Lipinski definition) is 1. The van der Waals surface area contributed by atoms with Crippen LogP contribution >= 0.6 is 0 Å². The van der Waals surface area contributed by atoms with Gasteiger partial charge in [-0.3, -0.25) is 0 Å². The predicted molar refractivity (Wildman–Crippen MR) is 76.8 cm³/mol. The minimum absolute atomic E-state index is 0.443. The third-order valence-electron chi connectivity index (χ3n) is 3.08. The summed E-state index contributed by atoms with van der Waals surface area (Å²) >= 11 is 0. The molecule has 0 aliphatic heterocycles. The Morgan fingerprint density at radius 3 is 2.21 bits per heavy atom. The van der Waals surface area contributed by atoms with E-state index in [2.05, 4.69) is 48.1 Å². The fraction of sp³-hybridized carbons (Fsp3) is 0.375. The summed E-state index contributed by atoms with van der Waals surface area (Å²) in [6, 6.07) is 10.2. The number of benzene rings is 1. The molecule has 0 saturated heterocycles. The van der Waals surface area contributed by atoms with Crippen molar-refractivity contribution in [3.8, 4) is 11.3 Å². The smallest absolute Gasteiger partial charge is 0.159 e. The van der Waals surface area contributed by atoms with Crippen molar-refractivity contribution in [3.63, 3.8) is 0 Å². The summed E-state index contributed by atoms with van der Waals surface area (Å²) < 4.78 is 0. The Balaban J connectivity index is 2.37. The van der Waals surface area contributed by atoms with Crippen LogP contribution in [0.1, 0.15) is 45.0 Å². The first-order chi connectivity index (χ1) is 8.88. The summed E-state index contributed by atoms with van der Waals surface area (Å²) in [4.78, 5) is 8.55. The zero-order valence-electron chi connectivity index (χ0n) is 11.9. The number of nitrogens with zero attached hydrogens (tertiary/aromatic N) is 2. The second kappa shape index (κ2) is 5.10. The molecule has 3 heteroatoms. The van der Waals surface area contributed by atoms with Gasteiger partial charge in [0.2, 0.25) is 0 Å². The quantitative estimate of drug-likeness (QED) is 0.914.